The van der Waals surface area contributed by atoms with E-state index in [2.05, 4.69) is 0 Å². The number of halogens is 2. The highest BCUT2D eigenvalue weighted by atomic mass is 31.2. The molecule has 3 rings (SSSR count). The number of fused-ring (bicyclic) bond motifs is 1. The zero-order valence-electron chi connectivity index (χ0n) is 13.8. The fourth-order valence-electron chi connectivity index (χ4n) is 2.93. The Labute approximate surface area is 142 Å². The summed E-state index contributed by atoms with van der Waals surface area (Å²) in [7, 11) is -4.19. The van der Waals surface area contributed by atoms with E-state index < -0.39 is 62.5 Å². The van der Waals surface area contributed by atoms with E-state index in [1.165, 1.54) is 0 Å². The van der Waals surface area contributed by atoms with Gasteiger partial charge in [-0.05, 0) is 26.8 Å². The van der Waals surface area contributed by atoms with Crippen LogP contribution in [0.4, 0.5) is 8.78 Å². The number of allylic oxidation sites excluding steroid dienone is 1. The Balaban J connectivity index is 1.90. The van der Waals surface area contributed by atoms with Crippen LogP contribution in [0.5, 0.6) is 0 Å². The molecule has 3 aliphatic heterocycles. The summed E-state index contributed by atoms with van der Waals surface area (Å²) in [6.45, 7) is 3.19. The Morgan fingerprint density at radius 3 is 2.68 bits per heavy atom. The van der Waals surface area contributed by atoms with Gasteiger partial charge in [0.25, 0.3) is 5.85 Å². The topological polar surface area (TPSA) is 91.4 Å². The Morgan fingerprint density at radius 2 is 2.08 bits per heavy atom. The molecule has 1 amide bonds. The summed E-state index contributed by atoms with van der Waals surface area (Å²) in [5.41, 5.74) is -2.57. The molecule has 0 aromatic heterocycles. The van der Waals surface area contributed by atoms with Gasteiger partial charge >= 0.3 is 7.82 Å². The van der Waals surface area contributed by atoms with Crippen molar-refractivity contribution in [1.29, 1.82) is 0 Å². The van der Waals surface area contributed by atoms with E-state index in [1.807, 2.05) is 0 Å². The second kappa shape index (κ2) is 5.92. The molecule has 0 bridgehead atoms. The number of amides is 1. The summed E-state index contributed by atoms with van der Waals surface area (Å²) in [6, 6.07) is 0. The number of phosphoric acid groups is 1. The standard InChI is InChI=1S/C14H18F2NO7P/c1-8(2)23-25(20)21-7-14(16)11(24-25)13(3,15)12(22-14)17-5-4-9(18)6-10(17)19/h4-5,8,11-12H,6-7H2,1-3H3/t11-,12+,13+,14+,25?/m0/s1. The van der Waals surface area contributed by atoms with Gasteiger partial charge in [0.15, 0.2) is 23.8 Å². The minimum absolute atomic E-state index is 0.457. The van der Waals surface area contributed by atoms with Crippen LogP contribution < -0.4 is 0 Å². The number of carbonyl (C=O) groups excluding carboxylic acids is 2. The van der Waals surface area contributed by atoms with Crippen LogP contribution in [0.25, 0.3) is 0 Å². The van der Waals surface area contributed by atoms with Gasteiger partial charge in [0, 0.05) is 6.20 Å². The zero-order valence-corrected chi connectivity index (χ0v) is 14.7. The average molecular weight is 381 g/mol. The molecule has 0 aliphatic carbocycles. The Bertz CT molecular complexity index is 682. The van der Waals surface area contributed by atoms with Crippen molar-refractivity contribution >= 4 is 19.5 Å². The molecular formula is C14H18F2NO7P. The van der Waals surface area contributed by atoms with Crippen molar-refractivity contribution in [3.05, 3.63) is 12.3 Å². The van der Waals surface area contributed by atoms with Crippen molar-refractivity contribution < 1.29 is 41.2 Å². The van der Waals surface area contributed by atoms with Gasteiger partial charge in [-0.3, -0.25) is 28.1 Å². The van der Waals surface area contributed by atoms with Crippen molar-refractivity contribution in [3.8, 4) is 0 Å². The molecule has 3 aliphatic rings. The number of rotatable bonds is 3. The molecule has 0 N–H and O–H groups in total. The predicted molar refractivity (Wildman–Crippen MR) is 78.5 cm³/mol. The maximum absolute atomic E-state index is 15.4. The van der Waals surface area contributed by atoms with Gasteiger partial charge < -0.3 is 4.74 Å². The smallest absolute Gasteiger partial charge is 0.314 e. The van der Waals surface area contributed by atoms with E-state index in [0.717, 1.165) is 24.1 Å². The lowest BCUT2D eigenvalue weighted by atomic mass is 9.96. The number of hydrogen-bond donors (Lipinski definition) is 0. The Kier molecular flexibility index (Phi) is 4.40. The molecule has 8 nitrogen and oxygen atoms in total. The molecular weight excluding hydrogens is 363 g/mol. The SMILES string of the molecule is CC(C)OP1(=O)OC[C@@]2(F)O[C@@H](N3C=CC(=O)CC3=O)[C@](C)(F)[C@@H]2O1. The molecule has 1 unspecified atom stereocenters. The van der Waals surface area contributed by atoms with Gasteiger partial charge in [-0.2, -0.15) is 0 Å². The third-order valence-corrected chi connectivity index (χ3v) is 5.57. The summed E-state index contributed by atoms with van der Waals surface area (Å²) < 4.78 is 62.8. The van der Waals surface area contributed by atoms with Crippen LogP contribution in [-0.2, 0) is 32.5 Å². The highest BCUT2D eigenvalue weighted by Crippen LogP contribution is 2.62. The molecule has 0 spiro atoms. The highest BCUT2D eigenvalue weighted by Gasteiger charge is 2.71. The summed E-state index contributed by atoms with van der Waals surface area (Å²) >= 11 is 0. The van der Waals surface area contributed by atoms with Gasteiger partial charge in [0.05, 0.1) is 12.5 Å². The minimum Gasteiger partial charge on any atom is -0.314 e. The molecule has 140 valence electrons. The lowest BCUT2D eigenvalue weighted by molar-refractivity contribution is -0.224. The summed E-state index contributed by atoms with van der Waals surface area (Å²) in [6.07, 6.45) is -2.61. The Hall–Kier alpha value is -1.19. The van der Waals surface area contributed by atoms with Crippen LogP contribution in [0.2, 0.25) is 0 Å². The number of ketones is 1. The first-order valence-electron chi connectivity index (χ1n) is 7.66. The third kappa shape index (κ3) is 3.17. The summed E-state index contributed by atoms with van der Waals surface area (Å²) in [4.78, 5) is 24.0. The molecule has 0 aromatic carbocycles. The summed E-state index contributed by atoms with van der Waals surface area (Å²) in [5, 5.41) is 0. The molecule has 25 heavy (non-hydrogen) atoms. The van der Waals surface area contributed by atoms with Crippen LogP contribution in [0.1, 0.15) is 27.2 Å². The lowest BCUT2D eigenvalue weighted by Crippen LogP contribution is -2.54. The van der Waals surface area contributed by atoms with Crippen molar-refractivity contribution in [3.63, 3.8) is 0 Å². The fourth-order valence-corrected chi connectivity index (χ4v) is 4.57. The van der Waals surface area contributed by atoms with Crippen molar-refractivity contribution in [2.75, 3.05) is 6.61 Å². The molecule has 2 saturated heterocycles. The van der Waals surface area contributed by atoms with E-state index in [-0.39, 0.29) is 0 Å². The largest absolute Gasteiger partial charge is 0.475 e. The van der Waals surface area contributed by atoms with E-state index in [0.29, 0.717) is 0 Å². The van der Waals surface area contributed by atoms with E-state index in [1.54, 1.807) is 13.8 Å². The lowest BCUT2D eigenvalue weighted by Gasteiger charge is -2.37. The minimum atomic E-state index is -4.19. The van der Waals surface area contributed by atoms with Crippen molar-refractivity contribution in [2.45, 2.75) is 57.2 Å². The zero-order chi connectivity index (χ0) is 18.6. The highest BCUT2D eigenvalue weighted by molar-refractivity contribution is 7.48. The van der Waals surface area contributed by atoms with Crippen LogP contribution in [-0.4, -0.2) is 53.2 Å². The van der Waals surface area contributed by atoms with Crippen molar-refractivity contribution in [1.82, 2.24) is 4.90 Å². The van der Waals surface area contributed by atoms with Crippen LogP contribution in [0.3, 0.4) is 0 Å². The number of hydrogen-bond acceptors (Lipinski definition) is 7. The second-order valence-electron chi connectivity index (χ2n) is 6.53. The molecule has 5 atom stereocenters. The quantitative estimate of drug-likeness (QED) is 0.545. The summed E-state index contributed by atoms with van der Waals surface area (Å²) in [5.74, 6) is -3.97. The number of ether oxygens (including phenoxy) is 1. The first kappa shape index (κ1) is 18.6. The van der Waals surface area contributed by atoms with Gasteiger partial charge in [-0.1, -0.05) is 0 Å². The fraction of sp³-hybridized carbons (Fsp3) is 0.714. The molecule has 0 radical (unpaired) electrons. The number of nitrogens with zero attached hydrogens (tertiary/aromatic N) is 1. The molecule has 2 fully saturated rings. The first-order valence-corrected chi connectivity index (χ1v) is 9.12. The van der Waals surface area contributed by atoms with E-state index in [9.17, 15) is 14.2 Å². The van der Waals surface area contributed by atoms with Gasteiger partial charge in [-0.15, -0.1) is 0 Å². The number of alkyl halides is 2. The van der Waals surface area contributed by atoms with Crippen LogP contribution >= 0.6 is 7.82 Å². The monoisotopic (exact) mass is 381 g/mol. The molecule has 3 heterocycles. The van der Waals surface area contributed by atoms with Gasteiger partial charge in [0.2, 0.25) is 5.91 Å². The molecule has 11 heteroatoms. The predicted octanol–water partition coefficient (Wildman–Crippen LogP) is 2.00. The number of phosphoric ester groups is 1. The van der Waals surface area contributed by atoms with Crippen LogP contribution in [0, 0.1) is 0 Å². The molecule has 0 aromatic rings. The normalized spacial score (nSPS) is 44.5. The number of carbonyl (C=O) groups is 2. The van der Waals surface area contributed by atoms with Gasteiger partial charge in [-0.25, -0.2) is 13.3 Å². The molecule has 0 saturated carbocycles. The van der Waals surface area contributed by atoms with E-state index in [4.69, 9.17) is 18.3 Å². The van der Waals surface area contributed by atoms with Crippen molar-refractivity contribution in [2.24, 2.45) is 0 Å². The van der Waals surface area contributed by atoms with E-state index >= 15 is 8.78 Å². The average Bonchev–Trinajstić information content (AvgIpc) is 2.67. The third-order valence-electron chi connectivity index (χ3n) is 3.98. The maximum atomic E-state index is 15.4. The first-order chi connectivity index (χ1) is 11.5. The Morgan fingerprint density at radius 1 is 1.40 bits per heavy atom. The second-order valence-corrected chi connectivity index (χ2v) is 8.10. The maximum Gasteiger partial charge on any atom is 0.475 e. The van der Waals surface area contributed by atoms with Gasteiger partial charge in [0.1, 0.15) is 6.61 Å². The van der Waals surface area contributed by atoms with Crippen LogP contribution in [0.15, 0.2) is 12.3 Å².